The van der Waals surface area contributed by atoms with E-state index >= 15 is 0 Å². The largest absolute Gasteiger partial charge is 0.480 e. The number of primary amides is 1. The van der Waals surface area contributed by atoms with Crippen molar-refractivity contribution >= 4 is 17.8 Å². The Kier molecular flexibility index (Phi) is 4.47. The molecule has 6 nitrogen and oxygen atoms in total. The number of nitrogens with one attached hydrogen (secondary N) is 1. The van der Waals surface area contributed by atoms with Crippen LogP contribution in [0.3, 0.4) is 0 Å². The van der Waals surface area contributed by atoms with Crippen LogP contribution in [0.15, 0.2) is 0 Å². The van der Waals surface area contributed by atoms with Gasteiger partial charge in [-0.2, -0.15) is 8.78 Å². The van der Waals surface area contributed by atoms with E-state index in [1.807, 2.05) is 0 Å². The highest BCUT2D eigenvalue weighted by atomic mass is 19.3. The fourth-order valence-corrected chi connectivity index (χ4v) is 0.636. The van der Waals surface area contributed by atoms with E-state index in [1.54, 1.807) is 0 Å². The molecular formula is C6H8F2N2O4. The van der Waals surface area contributed by atoms with Gasteiger partial charge in [-0.3, -0.25) is 9.59 Å². The molecular weight excluding hydrogens is 202 g/mol. The van der Waals surface area contributed by atoms with E-state index in [4.69, 9.17) is 5.11 Å². The van der Waals surface area contributed by atoms with Gasteiger partial charge in [-0.1, -0.05) is 0 Å². The number of aliphatic carboxylic acids is 1. The number of rotatable bonds is 5. The first kappa shape index (κ1) is 12.3. The molecule has 0 saturated carbocycles. The summed E-state index contributed by atoms with van der Waals surface area (Å²) in [5.74, 6) is -4.36. The van der Waals surface area contributed by atoms with Gasteiger partial charge >= 0.3 is 12.4 Å². The predicted octanol–water partition coefficient (Wildman–Crippen LogP) is -1.30. The average molecular weight is 210 g/mol. The van der Waals surface area contributed by atoms with Gasteiger partial charge in [0, 0.05) is 0 Å². The maximum atomic E-state index is 11.7. The summed E-state index contributed by atoms with van der Waals surface area (Å²) in [5, 5.41) is 9.84. The van der Waals surface area contributed by atoms with E-state index in [0.29, 0.717) is 0 Å². The molecule has 14 heavy (non-hydrogen) atoms. The van der Waals surface area contributed by atoms with Crippen LogP contribution in [0.2, 0.25) is 0 Å². The van der Waals surface area contributed by atoms with Gasteiger partial charge in [-0.15, -0.1) is 0 Å². The molecule has 0 aromatic heterocycles. The zero-order chi connectivity index (χ0) is 11.3. The fourth-order valence-electron chi connectivity index (χ4n) is 0.636. The van der Waals surface area contributed by atoms with E-state index in [9.17, 15) is 23.2 Å². The van der Waals surface area contributed by atoms with Crippen molar-refractivity contribution in [3.8, 4) is 0 Å². The summed E-state index contributed by atoms with van der Waals surface area (Å²) >= 11 is 0. The highest BCUT2D eigenvalue weighted by Crippen LogP contribution is 1.96. The molecule has 0 aliphatic rings. The molecule has 0 fully saturated rings. The van der Waals surface area contributed by atoms with Crippen LogP contribution in [0.1, 0.15) is 6.42 Å². The molecule has 0 rings (SSSR count). The Morgan fingerprint density at radius 1 is 1.36 bits per heavy atom. The lowest BCUT2D eigenvalue weighted by Gasteiger charge is -2.11. The van der Waals surface area contributed by atoms with Gasteiger partial charge in [-0.25, -0.2) is 4.79 Å². The third kappa shape index (κ3) is 4.33. The number of carbonyl (C=O) groups is 3. The lowest BCUT2D eigenvalue weighted by molar-refractivity contribution is -0.145. The molecule has 0 saturated heterocycles. The monoisotopic (exact) mass is 210 g/mol. The summed E-state index contributed by atoms with van der Waals surface area (Å²) < 4.78 is 23.3. The van der Waals surface area contributed by atoms with Crippen molar-refractivity contribution in [1.29, 1.82) is 0 Å². The molecule has 1 unspecified atom stereocenters. The van der Waals surface area contributed by atoms with Crippen molar-refractivity contribution in [3.05, 3.63) is 0 Å². The Bertz CT molecular complexity index is 256. The van der Waals surface area contributed by atoms with Gasteiger partial charge in [0.05, 0.1) is 6.42 Å². The number of carboxylic acids is 1. The maximum Gasteiger partial charge on any atom is 0.326 e. The van der Waals surface area contributed by atoms with Gasteiger partial charge in [-0.05, 0) is 0 Å². The SMILES string of the molecule is NC(=O)CC(NC(=O)C(F)F)C(=O)O. The molecule has 0 aromatic carbocycles. The molecule has 0 aliphatic carbocycles. The van der Waals surface area contributed by atoms with E-state index < -0.39 is 36.7 Å². The Morgan fingerprint density at radius 2 is 1.86 bits per heavy atom. The lowest BCUT2D eigenvalue weighted by Crippen LogP contribution is -2.45. The van der Waals surface area contributed by atoms with Crippen molar-refractivity contribution < 1.29 is 28.3 Å². The van der Waals surface area contributed by atoms with E-state index in [2.05, 4.69) is 5.73 Å². The smallest absolute Gasteiger partial charge is 0.326 e. The molecule has 0 spiro atoms. The first-order valence-electron chi connectivity index (χ1n) is 3.44. The van der Waals surface area contributed by atoms with E-state index in [0.717, 1.165) is 0 Å². The topological polar surface area (TPSA) is 109 Å². The number of nitrogens with two attached hydrogens (primary N) is 1. The third-order valence-electron chi connectivity index (χ3n) is 1.22. The minimum absolute atomic E-state index is 0.728. The number of amides is 2. The normalized spacial score (nSPS) is 12.2. The number of hydrogen-bond donors (Lipinski definition) is 3. The number of carbonyl (C=O) groups excluding carboxylic acids is 2. The Labute approximate surface area is 77.1 Å². The molecule has 80 valence electrons. The molecule has 2 amide bonds. The summed E-state index contributed by atoms with van der Waals surface area (Å²) in [6.45, 7) is 0. The number of hydrogen-bond acceptors (Lipinski definition) is 3. The quantitative estimate of drug-likeness (QED) is 0.523. The second-order valence-corrected chi connectivity index (χ2v) is 2.37. The fraction of sp³-hybridized carbons (Fsp3) is 0.500. The summed E-state index contributed by atoms with van der Waals surface area (Å²) in [6.07, 6.45) is -4.06. The second-order valence-electron chi connectivity index (χ2n) is 2.37. The molecule has 0 heterocycles. The highest BCUT2D eigenvalue weighted by molar-refractivity contribution is 5.89. The number of alkyl halides is 2. The number of carboxylic acid groups (broad SMARTS) is 1. The van der Waals surface area contributed by atoms with Gasteiger partial charge in [0.2, 0.25) is 5.91 Å². The van der Waals surface area contributed by atoms with E-state index in [1.165, 1.54) is 5.32 Å². The average Bonchev–Trinajstić information content (AvgIpc) is 2.01. The van der Waals surface area contributed by atoms with Gasteiger partial charge in [0.15, 0.2) is 0 Å². The Hall–Kier alpha value is -1.73. The molecule has 0 aliphatic heterocycles. The Balaban J connectivity index is 4.31. The Morgan fingerprint density at radius 3 is 2.14 bits per heavy atom. The van der Waals surface area contributed by atoms with Crippen LogP contribution in [-0.4, -0.2) is 35.4 Å². The predicted molar refractivity (Wildman–Crippen MR) is 39.4 cm³/mol. The summed E-state index contributed by atoms with van der Waals surface area (Å²) in [4.78, 5) is 31.0. The minimum atomic E-state index is -3.33. The van der Waals surface area contributed by atoms with Gasteiger partial charge in [0.1, 0.15) is 6.04 Å². The van der Waals surface area contributed by atoms with Crippen LogP contribution < -0.4 is 11.1 Å². The van der Waals surface area contributed by atoms with Crippen LogP contribution in [0.25, 0.3) is 0 Å². The second kappa shape index (κ2) is 5.10. The van der Waals surface area contributed by atoms with Crippen LogP contribution in [0.5, 0.6) is 0 Å². The van der Waals surface area contributed by atoms with Crippen molar-refractivity contribution in [2.75, 3.05) is 0 Å². The molecule has 0 aromatic rings. The minimum Gasteiger partial charge on any atom is -0.480 e. The molecule has 0 bridgehead atoms. The first-order chi connectivity index (χ1) is 6.34. The van der Waals surface area contributed by atoms with Gasteiger partial charge in [0.25, 0.3) is 5.91 Å². The van der Waals surface area contributed by atoms with Crippen LogP contribution >= 0.6 is 0 Å². The van der Waals surface area contributed by atoms with Crippen LogP contribution in [0.4, 0.5) is 8.78 Å². The van der Waals surface area contributed by atoms with E-state index in [-0.39, 0.29) is 0 Å². The van der Waals surface area contributed by atoms with Gasteiger partial charge < -0.3 is 16.2 Å². The van der Waals surface area contributed by atoms with Crippen molar-refractivity contribution in [3.63, 3.8) is 0 Å². The first-order valence-corrected chi connectivity index (χ1v) is 3.44. The van der Waals surface area contributed by atoms with Crippen LogP contribution in [-0.2, 0) is 14.4 Å². The molecule has 4 N–H and O–H groups in total. The van der Waals surface area contributed by atoms with Crippen molar-refractivity contribution in [2.45, 2.75) is 18.9 Å². The maximum absolute atomic E-state index is 11.7. The summed E-state index contributed by atoms with van der Waals surface area (Å²) in [5.41, 5.74) is 4.64. The van der Waals surface area contributed by atoms with Crippen LogP contribution in [0, 0.1) is 0 Å². The lowest BCUT2D eigenvalue weighted by atomic mass is 10.2. The van der Waals surface area contributed by atoms with Crippen molar-refractivity contribution in [1.82, 2.24) is 5.32 Å². The number of halogens is 2. The molecule has 1 atom stereocenters. The summed E-state index contributed by atoms with van der Waals surface area (Å²) in [7, 11) is 0. The molecule has 8 heteroatoms. The molecule has 0 radical (unpaired) electrons. The highest BCUT2D eigenvalue weighted by Gasteiger charge is 2.25. The zero-order valence-corrected chi connectivity index (χ0v) is 6.87. The summed E-state index contributed by atoms with van der Waals surface area (Å²) in [6, 6.07) is -1.71. The van der Waals surface area contributed by atoms with Crippen molar-refractivity contribution in [2.24, 2.45) is 5.73 Å². The zero-order valence-electron chi connectivity index (χ0n) is 6.87. The third-order valence-corrected chi connectivity index (χ3v) is 1.22. The standard InChI is InChI=1S/C6H8F2N2O4/c7-4(8)5(12)10-2(6(13)14)1-3(9)11/h2,4H,1H2,(H2,9,11)(H,10,12)(H,13,14).